The summed E-state index contributed by atoms with van der Waals surface area (Å²) in [5.74, 6) is 0.157. The van der Waals surface area contributed by atoms with Crippen LogP contribution in [-0.2, 0) is 0 Å². The second kappa shape index (κ2) is 3.76. The van der Waals surface area contributed by atoms with Crippen molar-refractivity contribution in [3.8, 4) is 5.75 Å². The topological polar surface area (TPSA) is 91.2 Å². The van der Waals surface area contributed by atoms with Gasteiger partial charge in [-0.15, -0.1) is 0 Å². The van der Waals surface area contributed by atoms with Crippen LogP contribution in [0.15, 0.2) is 12.3 Å². The van der Waals surface area contributed by atoms with E-state index in [0.29, 0.717) is 11.3 Å². The third-order valence-electron chi connectivity index (χ3n) is 2.50. The van der Waals surface area contributed by atoms with E-state index in [1.807, 2.05) is 0 Å². The minimum atomic E-state index is -0.543. The first-order chi connectivity index (χ1) is 7.16. The number of nitrogens with two attached hydrogens (primary N) is 2. The van der Waals surface area contributed by atoms with Gasteiger partial charge in [-0.25, -0.2) is 4.98 Å². The third kappa shape index (κ3) is 2.01. The number of anilines is 1. The predicted molar refractivity (Wildman–Crippen MR) is 55.4 cm³/mol. The van der Waals surface area contributed by atoms with Crippen LogP contribution in [0.1, 0.15) is 29.6 Å². The zero-order chi connectivity index (χ0) is 10.8. The zero-order valence-corrected chi connectivity index (χ0v) is 8.27. The molecule has 1 fully saturated rings. The summed E-state index contributed by atoms with van der Waals surface area (Å²) in [6.45, 7) is 0. The third-order valence-corrected chi connectivity index (χ3v) is 2.50. The lowest BCUT2D eigenvalue weighted by Crippen LogP contribution is -2.26. The molecule has 0 bridgehead atoms. The Morgan fingerprint density at radius 3 is 2.80 bits per heavy atom. The molecular formula is C10H13N3O2. The predicted octanol–water partition coefficient (Wildman–Crippen LogP) is 0.694. The second-order valence-electron chi connectivity index (χ2n) is 3.64. The molecule has 2 rings (SSSR count). The minimum absolute atomic E-state index is 0.188. The number of hydrogen-bond acceptors (Lipinski definition) is 4. The highest BCUT2D eigenvalue weighted by Gasteiger charge is 2.21. The van der Waals surface area contributed by atoms with Gasteiger partial charge in [0.1, 0.15) is 5.82 Å². The number of amides is 1. The molecule has 1 aromatic rings. The summed E-state index contributed by atoms with van der Waals surface area (Å²) in [5, 5.41) is 0. The van der Waals surface area contributed by atoms with Crippen LogP contribution in [0, 0.1) is 0 Å². The largest absolute Gasteiger partial charge is 0.488 e. The number of hydrogen-bond donors (Lipinski definition) is 2. The number of pyridine rings is 1. The first-order valence-corrected chi connectivity index (χ1v) is 4.89. The number of carbonyl (C=O) groups is 1. The summed E-state index contributed by atoms with van der Waals surface area (Å²) in [4.78, 5) is 15.0. The molecule has 0 atom stereocenters. The lowest BCUT2D eigenvalue weighted by molar-refractivity contribution is 0.0971. The van der Waals surface area contributed by atoms with E-state index < -0.39 is 5.91 Å². The van der Waals surface area contributed by atoms with E-state index in [0.717, 1.165) is 12.8 Å². The number of nitrogens with zero attached hydrogens (tertiary/aromatic N) is 1. The molecule has 1 heterocycles. The van der Waals surface area contributed by atoms with Crippen molar-refractivity contribution in [3.05, 3.63) is 17.8 Å². The molecule has 4 N–H and O–H groups in total. The molecule has 0 saturated heterocycles. The lowest BCUT2D eigenvalue weighted by atomic mass is 9.96. The maximum Gasteiger partial charge on any atom is 0.252 e. The number of aromatic nitrogens is 1. The van der Waals surface area contributed by atoms with Crippen LogP contribution in [0.3, 0.4) is 0 Å². The molecule has 1 saturated carbocycles. The van der Waals surface area contributed by atoms with Crippen molar-refractivity contribution in [1.29, 1.82) is 0 Å². The number of carbonyl (C=O) groups excluding carboxylic acids is 1. The van der Waals surface area contributed by atoms with Gasteiger partial charge in [-0.3, -0.25) is 4.79 Å². The van der Waals surface area contributed by atoms with E-state index in [-0.39, 0.29) is 11.9 Å². The van der Waals surface area contributed by atoms with E-state index in [1.54, 1.807) is 0 Å². The molecule has 80 valence electrons. The zero-order valence-electron chi connectivity index (χ0n) is 8.27. The minimum Gasteiger partial charge on any atom is -0.488 e. The molecule has 1 aliphatic carbocycles. The molecule has 5 heteroatoms. The Morgan fingerprint density at radius 1 is 1.53 bits per heavy atom. The van der Waals surface area contributed by atoms with Gasteiger partial charge in [-0.2, -0.15) is 0 Å². The first kappa shape index (κ1) is 9.76. The Labute approximate surface area is 87.4 Å². The van der Waals surface area contributed by atoms with E-state index in [1.165, 1.54) is 18.7 Å². The lowest BCUT2D eigenvalue weighted by Gasteiger charge is -2.26. The Balaban J connectivity index is 2.23. The van der Waals surface area contributed by atoms with E-state index >= 15 is 0 Å². The highest BCUT2D eigenvalue weighted by atomic mass is 16.5. The highest BCUT2D eigenvalue weighted by Crippen LogP contribution is 2.27. The van der Waals surface area contributed by atoms with Crippen molar-refractivity contribution in [2.24, 2.45) is 5.73 Å². The van der Waals surface area contributed by atoms with Crippen LogP contribution in [0.4, 0.5) is 5.82 Å². The molecule has 0 spiro atoms. The average molecular weight is 207 g/mol. The number of ether oxygens (including phenoxy) is 1. The molecule has 0 aromatic carbocycles. The standard InChI is InChI=1S/C10H13N3O2/c11-9-4-7(10(12)14)8(5-13-9)15-6-2-1-3-6/h4-6H,1-3H2,(H2,11,13)(H2,12,14). The average Bonchev–Trinajstić information content (AvgIpc) is 2.12. The highest BCUT2D eigenvalue weighted by molar-refractivity contribution is 5.96. The van der Waals surface area contributed by atoms with Crippen molar-refractivity contribution >= 4 is 11.7 Å². The summed E-state index contributed by atoms with van der Waals surface area (Å²) in [6, 6.07) is 1.44. The molecule has 0 radical (unpaired) electrons. The van der Waals surface area contributed by atoms with E-state index in [9.17, 15) is 4.79 Å². The molecule has 0 aliphatic heterocycles. The van der Waals surface area contributed by atoms with Gasteiger partial charge in [0, 0.05) is 0 Å². The summed E-state index contributed by atoms with van der Waals surface area (Å²) >= 11 is 0. The van der Waals surface area contributed by atoms with Gasteiger partial charge in [0.05, 0.1) is 17.9 Å². The van der Waals surface area contributed by atoms with Gasteiger partial charge >= 0.3 is 0 Å². The molecule has 1 amide bonds. The van der Waals surface area contributed by atoms with Crippen molar-refractivity contribution in [2.75, 3.05) is 5.73 Å². The summed E-state index contributed by atoms with van der Waals surface area (Å²) < 4.78 is 5.58. The van der Waals surface area contributed by atoms with E-state index in [2.05, 4.69) is 4.98 Å². The maximum atomic E-state index is 11.1. The Bertz CT molecular complexity index is 388. The van der Waals surface area contributed by atoms with Crippen LogP contribution in [0.5, 0.6) is 5.75 Å². The normalized spacial score (nSPS) is 15.7. The van der Waals surface area contributed by atoms with Crippen LogP contribution >= 0.6 is 0 Å². The van der Waals surface area contributed by atoms with Gasteiger partial charge in [-0.05, 0) is 25.3 Å². The molecule has 5 nitrogen and oxygen atoms in total. The number of nitrogen functional groups attached to an aromatic ring is 1. The van der Waals surface area contributed by atoms with Crippen molar-refractivity contribution in [1.82, 2.24) is 4.98 Å². The maximum absolute atomic E-state index is 11.1. The summed E-state index contributed by atoms with van der Waals surface area (Å²) in [5.41, 5.74) is 11.0. The van der Waals surface area contributed by atoms with Crippen molar-refractivity contribution in [2.45, 2.75) is 25.4 Å². The van der Waals surface area contributed by atoms with Gasteiger partial charge in [0.25, 0.3) is 5.91 Å². The van der Waals surface area contributed by atoms with Crippen LogP contribution in [-0.4, -0.2) is 17.0 Å². The van der Waals surface area contributed by atoms with Crippen molar-refractivity contribution in [3.63, 3.8) is 0 Å². The smallest absolute Gasteiger partial charge is 0.252 e. The fraction of sp³-hybridized carbons (Fsp3) is 0.400. The van der Waals surface area contributed by atoms with Crippen LogP contribution in [0.2, 0.25) is 0 Å². The van der Waals surface area contributed by atoms with Gasteiger partial charge in [0.15, 0.2) is 5.75 Å². The van der Waals surface area contributed by atoms with E-state index in [4.69, 9.17) is 16.2 Å². The Morgan fingerprint density at radius 2 is 2.27 bits per heavy atom. The molecule has 0 unspecified atom stereocenters. The summed E-state index contributed by atoms with van der Waals surface area (Å²) in [6.07, 6.45) is 4.84. The van der Waals surface area contributed by atoms with Gasteiger partial charge in [-0.1, -0.05) is 0 Å². The fourth-order valence-corrected chi connectivity index (χ4v) is 1.41. The monoisotopic (exact) mass is 207 g/mol. The SMILES string of the molecule is NC(=O)c1cc(N)ncc1OC1CCC1. The molecule has 1 aromatic heterocycles. The van der Waals surface area contributed by atoms with Gasteiger partial charge < -0.3 is 16.2 Å². The first-order valence-electron chi connectivity index (χ1n) is 4.89. The number of rotatable bonds is 3. The fourth-order valence-electron chi connectivity index (χ4n) is 1.41. The Hall–Kier alpha value is -1.78. The summed E-state index contributed by atoms with van der Waals surface area (Å²) in [7, 11) is 0. The van der Waals surface area contributed by atoms with Crippen LogP contribution < -0.4 is 16.2 Å². The molecular weight excluding hydrogens is 194 g/mol. The van der Waals surface area contributed by atoms with Crippen LogP contribution in [0.25, 0.3) is 0 Å². The second-order valence-corrected chi connectivity index (χ2v) is 3.64. The number of primary amides is 1. The molecule has 15 heavy (non-hydrogen) atoms. The Kier molecular flexibility index (Phi) is 2.45. The molecule has 1 aliphatic rings. The van der Waals surface area contributed by atoms with Crippen molar-refractivity contribution < 1.29 is 9.53 Å². The van der Waals surface area contributed by atoms with Gasteiger partial charge in [0.2, 0.25) is 0 Å². The quantitative estimate of drug-likeness (QED) is 0.763.